The number of benzene rings is 2. The lowest BCUT2D eigenvalue weighted by molar-refractivity contribution is -0.134. The van der Waals surface area contributed by atoms with Gasteiger partial charge in [-0.25, -0.2) is 12.8 Å². The smallest absolute Gasteiger partial charge is 0.260 e. The molecule has 0 aliphatic carbocycles. The molecule has 0 spiro atoms. The van der Waals surface area contributed by atoms with E-state index in [0.717, 1.165) is 18.1 Å². The van der Waals surface area contributed by atoms with E-state index in [4.69, 9.17) is 4.74 Å². The second-order valence-corrected chi connectivity index (χ2v) is 8.37. The minimum absolute atomic E-state index is 0.100. The summed E-state index contributed by atoms with van der Waals surface area (Å²) in [6.07, 6.45) is 0.803. The molecule has 1 heterocycles. The Bertz CT molecular complexity index is 941. The zero-order valence-corrected chi connectivity index (χ0v) is 16.5. The largest absolute Gasteiger partial charge is 0.483 e. The van der Waals surface area contributed by atoms with Crippen LogP contribution >= 0.6 is 0 Å². The van der Waals surface area contributed by atoms with Crippen molar-refractivity contribution in [3.8, 4) is 5.75 Å². The number of amides is 1. The van der Waals surface area contributed by atoms with Gasteiger partial charge in [0.05, 0.1) is 0 Å². The molecule has 1 amide bonds. The minimum atomic E-state index is -3.92. The van der Waals surface area contributed by atoms with Crippen molar-refractivity contribution in [1.82, 2.24) is 9.21 Å². The van der Waals surface area contributed by atoms with Crippen LogP contribution in [0.25, 0.3) is 0 Å². The van der Waals surface area contributed by atoms with Crippen LogP contribution in [0.15, 0.2) is 53.4 Å². The minimum Gasteiger partial charge on any atom is -0.483 e. The Balaban J connectivity index is 1.58. The molecule has 28 heavy (non-hydrogen) atoms. The second-order valence-electron chi connectivity index (χ2n) is 6.47. The van der Waals surface area contributed by atoms with Crippen molar-refractivity contribution < 1.29 is 22.3 Å². The van der Waals surface area contributed by atoms with E-state index in [1.165, 1.54) is 22.5 Å². The maximum Gasteiger partial charge on any atom is 0.260 e. The number of ether oxygens (including phenoxy) is 1. The lowest BCUT2D eigenvalue weighted by Gasteiger charge is -2.34. The number of carbonyl (C=O) groups excluding carboxylic acids is 1. The Morgan fingerprint density at radius 3 is 2.36 bits per heavy atom. The highest BCUT2D eigenvalue weighted by molar-refractivity contribution is 7.89. The first-order chi connectivity index (χ1) is 13.4. The van der Waals surface area contributed by atoms with Crippen molar-refractivity contribution in [2.24, 2.45) is 0 Å². The maximum atomic E-state index is 13.9. The Hall–Kier alpha value is -2.45. The molecule has 8 heteroatoms. The van der Waals surface area contributed by atoms with Crippen molar-refractivity contribution in [2.75, 3.05) is 32.8 Å². The van der Waals surface area contributed by atoms with Gasteiger partial charge in [-0.3, -0.25) is 4.79 Å². The monoisotopic (exact) mass is 406 g/mol. The SMILES string of the molecule is CCc1ccccc1OCC(=O)N1CCN(S(=O)(=O)c2ccccc2F)CC1. The van der Waals surface area contributed by atoms with Crippen LogP contribution in [0.4, 0.5) is 4.39 Å². The molecular weight excluding hydrogens is 383 g/mol. The molecule has 150 valence electrons. The van der Waals surface area contributed by atoms with E-state index in [1.54, 1.807) is 4.90 Å². The number of sulfonamides is 1. The normalized spacial score (nSPS) is 15.4. The molecule has 6 nitrogen and oxygen atoms in total. The van der Waals surface area contributed by atoms with Crippen molar-refractivity contribution in [3.05, 3.63) is 59.9 Å². The molecule has 0 unspecified atom stereocenters. The van der Waals surface area contributed by atoms with Crippen molar-refractivity contribution in [2.45, 2.75) is 18.2 Å². The molecule has 0 radical (unpaired) electrons. The first-order valence-electron chi connectivity index (χ1n) is 9.16. The molecule has 0 aromatic heterocycles. The van der Waals surface area contributed by atoms with Crippen molar-refractivity contribution in [1.29, 1.82) is 0 Å². The molecule has 2 aromatic carbocycles. The van der Waals surface area contributed by atoms with Crippen LogP contribution in [0.1, 0.15) is 12.5 Å². The number of hydrogen-bond acceptors (Lipinski definition) is 4. The molecule has 1 fully saturated rings. The van der Waals surface area contributed by atoms with E-state index in [0.29, 0.717) is 5.75 Å². The number of halogens is 1. The number of carbonyl (C=O) groups is 1. The average Bonchev–Trinajstić information content (AvgIpc) is 2.72. The van der Waals surface area contributed by atoms with Crippen molar-refractivity contribution in [3.63, 3.8) is 0 Å². The van der Waals surface area contributed by atoms with Crippen LogP contribution in [0.3, 0.4) is 0 Å². The Labute approximate surface area is 164 Å². The Morgan fingerprint density at radius 1 is 1.04 bits per heavy atom. The summed E-state index contributed by atoms with van der Waals surface area (Å²) in [6.45, 7) is 2.63. The topological polar surface area (TPSA) is 66.9 Å². The first kappa shape index (κ1) is 20.3. The van der Waals surface area contributed by atoms with Gasteiger partial charge in [0.25, 0.3) is 5.91 Å². The summed E-state index contributed by atoms with van der Waals surface area (Å²) in [4.78, 5) is 13.7. The zero-order chi connectivity index (χ0) is 20.1. The van der Waals surface area contributed by atoms with Gasteiger partial charge in [-0.15, -0.1) is 0 Å². The maximum absolute atomic E-state index is 13.9. The Kier molecular flexibility index (Phi) is 6.31. The van der Waals surface area contributed by atoms with E-state index >= 15 is 0 Å². The average molecular weight is 406 g/mol. The summed E-state index contributed by atoms with van der Waals surface area (Å²) < 4.78 is 46.0. The molecular formula is C20H23FN2O4S. The van der Waals surface area contributed by atoms with E-state index in [9.17, 15) is 17.6 Å². The number of hydrogen-bond donors (Lipinski definition) is 0. The number of aryl methyl sites for hydroxylation is 1. The summed E-state index contributed by atoms with van der Waals surface area (Å²) in [5, 5.41) is 0. The van der Waals surface area contributed by atoms with Gasteiger partial charge in [0.2, 0.25) is 10.0 Å². The van der Waals surface area contributed by atoms with E-state index < -0.39 is 15.8 Å². The third kappa shape index (κ3) is 4.34. The molecule has 0 bridgehead atoms. The molecule has 0 atom stereocenters. The van der Waals surface area contributed by atoms with Crippen molar-refractivity contribution >= 4 is 15.9 Å². The Morgan fingerprint density at radius 2 is 1.68 bits per heavy atom. The van der Waals surface area contributed by atoms with Gasteiger partial charge >= 0.3 is 0 Å². The van der Waals surface area contributed by atoms with Gasteiger partial charge in [-0.2, -0.15) is 4.31 Å². The fraction of sp³-hybridized carbons (Fsp3) is 0.350. The summed E-state index contributed by atoms with van der Waals surface area (Å²) in [5.41, 5.74) is 1.02. The van der Waals surface area contributed by atoms with Gasteiger partial charge < -0.3 is 9.64 Å². The standard InChI is InChI=1S/C20H23FN2O4S/c1-2-16-7-3-5-9-18(16)27-15-20(24)22-11-13-23(14-12-22)28(25,26)19-10-6-4-8-17(19)21/h3-10H,2,11-15H2,1H3. The zero-order valence-electron chi connectivity index (χ0n) is 15.7. The van der Waals surface area contributed by atoms with Crippen LogP contribution in [0, 0.1) is 5.82 Å². The van der Waals surface area contributed by atoms with Crippen LogP contribution in [0.5, 0.6) is 5.75 Å². The van der Waals surface area contributed by atoms with E-state index in [1.807, 2.05) is 31.2 Å². The first-order valence-corrected chi connectivity index (χ1v) is 10.6. The highest BCUT2D eigenvalue weighted by Crippen LogP contribution is 2.21. The van der Waals surface area contributed by atoms with Crippen LogP contribution in [-0.4, -0.2) is 56.3 Å². The van der Waals surface area contributed by atoms with Crippen LogP contribution in [-0.2, 0) is 21.2 Å². The van der Waals surface area contributed by atoms with Crippen LogP contribution in [0.2, 0.25) is 0 Å². The molecule has 1 aliphatic heterocycles. The fourth-order valence-electron chi connectivity index (χ4n) is 3.14. The fourth-order valence-corrected chi connectivity index (χ4v) is 4.63. The number of nitrogens with zero attached hydrogens (tertiary/aromatic N) is 2. The lowest BCUT2D eigenvalue weighted by Crippen LogP contribution is -2.51. The molecule has 2 aromatic rings. The van der Waals surface area contributed by atoms with Crippen LogP contribution < -0.4 is 4.74 Å². The van der Waals surface area contributed by atoms with Gasteiger partial charge in [0, 0.05) is 26.2 Å². The predicted octanol–water partition coefficient (Wildman–Crippen LogP) is 2.30. The molecule has 1 saturated heterocycles. The number of rotatable bonds is 6. The quantitative estimate of drug-likeness (QED) is 0.738. The summed E-state index contributed by atoms with van der Waals surface area (Å²) >= 11 is 0. The highest BCUT2D eigenvalue weighted by Gasteiger charge is 2.31. The van der Waals surface area contributed by atoms with E-state index in [-0.39, 0.29) is 43.6 Å². The summed E-state index contributed by atoms with van der Waals surface area (Å²) in [5.74, 6) is -0.294. The molecule has 1 aliphatic rings. The third-order valence-corrected chi connectivity index (χ3v) is 6.68. The summed E-state index contributed by atoms with van der Waals surface area (Å²) in [6, 6.07) is 12.9. The van der Waals surface area contributed by atoms with Gasteiger partial charge in [-0.05, 0) is 30.2 Å². The number of para-hydroxylation sites is 1. The van der Waals surface area contributed by atoms with Gasteiger partial charge in [0.1, 0.15) is 16.5 Å². The molecule has 3 rings (SSSR count). The lowest BCUT2D eigenvalue weighted by atomic mass is 10.1. The second kappa shape index (κ2) is 8.70. The molecule has 0 N–H and O–H groups in total. The molecule has 0 saturated carbocycles. The number of piperazine rings is 1. The summed E-state index contributed by atoms with van der Waals surface area (Å²) in [7, 11) is -3.92. The third-order valence-electron chi connectivity index (χ3n) is 4.75. The van der Waals surface area contributed by atoms with Gasteiger partial charge in [-0.1, -0.05) is 37.3 Å². The highest BCUT2D eigenvalue weighted by atomic mass is 32.2. The predicted molar refractivity (Wildman–Crippen MR) is 103 cm³/mol. The van der Waals surface area contributed by atoms with Gasteiger partial charge in [0.15, 0.2) is 6.61 Å². The van der Waals surface area contributed by atoms with E-state index in [2.05, 4.69) is 0 Å².